The Morgan fingerprint density at radius 3 is 3.00 bits per heavy atom. The third-order valence-electron chi connectivity index (χ3n) is 2.40. The lowest BCUT2D eigenvalue weighted by molar-refractivity contribution is 0.571. The van der Waals surface area contributed by atoms with Crippen molar-refractivity contribution in [2.75, 3.05) is 0 Å². The first-order valence-corrected chi connectivity index (χ1v) is 4.76. The summed E-state index contributed by atoms with van der Waals surface area (Å²) in [5.74, 6) is 0. The molecule has 1 aliphatic rings. The van der Waals surface area contributed by atoms with Crippen molar-refractivity contribution in [1.29, 1.82) is 0 Å². The predicted molar refractivity (Wildman–Crippen MR) is 49.4 cm³/mol. The van der Waals surface area contributed by atoms with Gasteiger partial charge in [-0.25, -0.2) is 0 Å². The Morgan fingerprint density at radius 1 is 1.64 bits per heavy atom. The molecule has 0 aromatic carbocycles. The summed E-state index contributed by atoms with van der Waals surface area (Å²) in [5.41, 5.74) is 7.43. The predicted octanol–water partition coefficient (Wildman–Crippen LogP) is 2.61. The van der Waals surface area contributed by atoms with E-state index in [2.05, 4.69) is 13.0 Å². The van der Waals surface area contributed by atoms with Crippen molar-refractivity contribution < 1.29 is 0 Å². The minimum absolute atomic E-state index is 0.445. The largest absolute Gasteiger partial charge is 0.327 e. The summed E-state index contributed by atoms with van der Waals surface area (Å²) >= 11 is 0. The molecular formula is C10H19N. The molecule has 0 radical (unpaired) electrons. The van der Waals surface area contributed by atoms with Crippen molar-refractivity contribution in [2.24, 2.45) is 5.73 Å². The zero-order valence-electron chi connectivity index (χ0n) is 7.47. The van der Waals surface area contributed by atoms with Gasteiger partial charge in [-0.2, -0.15) is 0 Å². The smallest absolute Gasteiger partial charge is 0.00765 e. The summed E-state index contributed by atoms with van der Waals surface area (Å²) in [5, 5.41) is 0. The van der Waals surface area contributed by atoms with Crippen LogP contribution in [0.3, 0.4) is 0 Å². The quantitative estimate of drug-likeness (QED) is 0.620. The highest BCUT2D eigenvalue weighted by atomic mass is 14.6. The second kappa shape index (κ2) is 4.55. The molecular weight excluding hydrogens is 134 g/mol. The van der Waals surface area contributed by atoms with Crippen LogP contribution in [0.15, 0.2) is 11.6 Å². The number of rotatable bonds is 3. The molecule has 1 aliphatic carbocycles. The van der Waals surface area contributed by atoms with Crippen molar-refractivity contribution in [2.45, 2.75) is 51.5 Å². The fourth-order valence-electron chi connectivity index (χ4n) is 1.54. The molecule has 0 aromatic heterocycles. The van der Waals surface area contributed by atoms with Gasteiger partial charge < -0.3 is 5.73 Å². The number of hydrogen-bond donors (Lipinski definition) is 1. The first-order valence-electron chi connectivity index (χ1n) is 4.76. The molecule has 1 atom stereocenters. The number of unbranched alkanes of at least 4 members (excludes halogenated alkanes) is 1. The molecule has 1 heteroatoms. The second-order valence-electron chi connectivity index (χ2n) is 3.50. The van der Waals surface area contributed by atoms with Gasteiger partial charge in [-0.05, 0) is 32.1 Å². The molecule has 1 unspecified atom stereocenters. The zero-order valence-corrected chi connectivity index (χ0v) is 7.47. The first kappa shape index (κ1) is 8.79. The van der Waals surface area contributed by atoms with E-state index in [1.165, 1.54) is 32.1 Å². The minimum atomic E-state index is 0.445. The van der Waals surface area contributed by atoms with Gasteiger partial charge >= 0.3 is 0 Å². The number of nitrogens with two attached hydrogens (primary N) is 1. The van der Waals surface area contributed by atoms with E-state index in [4.69, 9.17) is 5.73 Å². The van der Waals surface area contributed by atoms with Crippen molar-refractivity contribution in [3.63, 3.8) is 0 Å². The summed E-state index contributed by atoms with van der Waals surface area (Å²) < 4.78 is 0. The van der Waals surface area contributed by atoms with Crippen molar-refractivity contribution >= 4 is 0 Å². The van der Waals surface area contributed by atoms with Gasteiger partial charge in [0.05, 0.1) is 0 Å². The van der Waals surface area contributed by atoms with Crippen LogP contribution in [0.2, 0.25) is 0 Å². The maximum absolute atomic E-state index is 5.78. The summed E-state index contributed by atoms with van der Waals surface area (Å²) in [6, 6.07) is 0.445. The Balaban J connectivity index is 2.24. The minimum Gasteiger partial charge on any atom is -0.327 e. The van der Waals surface area contributed by atoms with Crippen LogP contribution >= 0.6 is 0 Å². The van der Waals surface area contributed by atoms with E-state index in [-0.39, 0.29) is 0 Å². The standard InChI is InChI=1S/C10H19N/c1-2-3-4-9-5-7-10(11)8-6-9/h5,10H,2-4,6-8,11H2,1H3. The number of hydrogen-bond acceptors (Lipinski definition) is 1. The summed E-state index contributed by atoms with van der Waals surface area (Å²) in [7, 11) is 0. The van der Waals surface area contributed by atoms with Gasteiger partial charge in [0.1, 0.15) is 0 Å². The van der Waals surface area contributed by atoms with Gasteiger partial charge in [-0.15, -0.1) is 0 Å². The van der Waals surface area contributed by atoms with Gasteiger partial charge in [-0.1, -0.05) is 25.0 Å². The van der Waals surface area contributed by atoms with E-state index in [1.807, 2.05) is 0 Å². The van der Waals surface area contributed by atoms with Crippen LogP contribution in [-0.2, 0) is 0 Å². The molecule has 1 rings (SSSR count). The highest BCUT2D eigenvalue weighted by Gasteiger charge is 2.08. The van der Waals surface area contributed by atoms with Gasteiger partial charge in [0.2, 0.25) is 0 Å². The average molecular weight is 153 g/mol. The summed E-state index contributed by atoms with van der Waals surface area (Å²) in [6.45, 7) is 2.25. The van der Waals surface area contributed by atoms with Crippen molar-refractivity contribution in [1.82, 2.24) is 0 Å². The summed E-state index contributed by atoms with van der Waals surface area (Å²) in [4.78, 5) is 0. The lowest BCUT2D eigenvalue weighted by atomic mass is 9.93. The second-order valence-corrected chi connectivity index (χ2v) is 3.50. The molecule has 1 nitrogen and oxygen atoms in total. The van der Waals surface area contributed by atoms with Crippen LogP contribution in [0.25, 0.3) is 0 Å². The Bertz CT molecular complexity index is 138. The van der Waals surface area contributed by atoms with E-state index in [1.54, 1.807) is 5.57 Å². The van der Waals surface area contributed by atoms with E-state index in [0.29, 0.717) is 6.04 Å². The Morgan fingerprint density at radius 2 is 2.45 bits per heavy atom. The normalized spacial score (nSPS) is 24.9. The Hall–Kier alpha value is -0.300. The van der Waals surface area contributed by atoms with Gasteiger partial charge in [0.15, 0.2) is 0 Å². The van der Waals surface area contributed by atoms with Crippen LogP contribution in [-0.4, -0.2) is 6.04 Å². The van der Waals surface area contributed by atoms with Crippen molar-refractivity contribution in [3.05, 3.63) is 11.6 Å². The molecule has 0 heterocycles. The molecule has 0 spiro atoms. The highest BCUT2D eigenvalue weighted by molar-refractivity contribution is 5.07. The molecule has 0 amide bonds. The van der Waals surface area contributed by atoms with E-state index < -0.39 is 0 Å². The third-order valence-corrected chi connectivity index (χ3v) is 2.40. The lowest BCUT2D eigenvalue weighted by Gasteiger charge is -2.17. The van der Waals surface area contributed by atoms with Crippen molar-refractivity contribution in [3.8, 4) is 0 Å². The first-order chi connectivity index (χ1) is 5.33. The van der Waals surface area contributed by atoms with E-state index in [9.17, 15) is 0 Å². The lowest BCUT2D eigenvalue weighted by Crippen LogP contribution is -2.21. The van der Waals surface area contributed by atoms with Gasteiger partial charge in [0, 0.05) is 6.04 Å². The molecule has 0 aliphatic heterocycles. The molecule has 0 bridgehead atoms. The highest BCUT2D eigenvalue weighted by Crippen LogP contribution is 2.21. The molecule has 0 aromatic rings. The molecule has 11 heavy (non-hydrogen) atoms. The SMILES string of the molecule is CCCCC1=CCC(N)CC1. The van der Waals surface area contributed by atoms with Crippen LogP contribution in [0, 0.1) is 0 Å². The third kappa shape index (κ3) is 3.06. The maximum Gasteiger partial charge on any atom is 0.00765 e. The van der Waals surface area contributed by atoms with Crippen LogP contribution < -0.4 is 5.73 Å². The maximum atomic E-state index is 5.78. The Kier molecular flexibility index (Phi) is 3.64. The van der Waals surface area contributed by atoms with E-state index >= 15 is 0 Å². The van der Waals surface area contributed by atoms with Crippen LogP contribution in [0.1, 0.15) is 45.4 Å². The van der Waals surface area contributed by atoms with Gasteiger partial charge in [0.25, 0.3) is 0 Å². The molecule has 0 fully saturated rings. The molecule has 64 valence electrons. The molecule has 2 N–H and O–H groups in total. The van der Waals surface area contributed by atoms with Gasteiger partial charge in [-0.3, -0.25) is 0 Å². The Labute approximate surface area is 69.7 Å². The summed E-state index contributed by atoms with van der Waals surface area (Å²) in [6.07, 6.45) is 9.88. The van der Waals surface area contributed by atoms with E-state index in [0.717, 1.165) is 6.42 Å². The topological polar surface area (TPSA) is 26.0 Å². The average Bonchev–Trinajstić information content (AvgIpc) is 2.04. The monoisotopic (exact) mass is 153 g/mol. The van der Waals surface area contributed by atoms with Crippen LogP contribution in [0.4, 0.5) is 0 Å². The molecule has 0 saturated heterocycles. The van der Waals surface area contributed by atoms with Crippen LogP contribution in [0.5, 0.6) is 0 Å². The fraction of sp³-hybridized carbons (Fsp3) is 0.800. The zero-order chi connectivity index (χ0) is 8.10. The fourth-order valence-corrected chi connectivity index (χ4v) is 1.54. The molecule has 0 saturated carbocycles. The number of allylic oxidation sites excluding steroid dienone is 1.